The number of hydrogen-bond donors (Lipinski definition) is 2. The maximum Gasteiger partial charge on any atom is 0.222 e. The minimum Gasteiger partial charge on any atom is -0.379 e. The van der Waals surface area contributed by atoms with Gasteiger partial charge in [0.15, 0.2) is 0 Å². The van der Waals surface area contributed by atoms with Crippen LogP contribution in [-0.2, 0) is 30.8 Å². The number of nitrogens with one attached hydrogen (secondary N) is 1. The van der Waals surface area contributed by atoms with Gasteiger partial charge in [-0.15, -0.1) is 0 Å². The summed E-state index contributed by atoms with van der Waals surface area (Å²) < 4.78 is 33.0. The summed E-state index contributed by atoms with van der Waals surface area (Å²) in [6, 6.07) is 14.2. The first-order valence-electron chi connectivity index (χ1n) is 13.6. The first-order valence-corrected chi connectivity index (χ1v) is 15.2. The van der Waals surface area contributed by atoms with Gasteiger partial charge in [-0.25, -0.2) is 12.7 Å². The predicted molar refractivity (Wildman–Crippen MR) is 151 cm³/mol. The second kappa shape index (κ2) is 11.9. The number of carbonyl (C=O) groups is 2. The SMILES string of the molecule is NC(=O)Cc1cc(-c2ccccc2)cc2c(C3CCN(S(=O)(=O)CCOCCN4CCCC4=O)CC3)c[nH]c12. The number of hydrogen-bond acceptors (Lipinski definition) is 5. The lowest BCUT2D eigenvalue weighted by atomic mass is 9.88. The van der Waals surface area contributed by atoms with Gasteiger partial charge in [0.2, 0.25) is 21.8 Å². The average molecular weight is 553 g/mol. The molecule has 5 rings (SSSR count). The van der Waals surface area contributed by atoms with Gasteiger partial charge in [0.25, 0.3) is 0 Å². The molecule has 0 atom stereocenters. The monoisotopic (exact) mass is 552 g/mol. The van der Waals surface area contributed by atoms with Gasteiger partial charge in [0.05, 0.1) is 25.4 Å². The van der Waals surface area contributed by atoms with Crippen molar-refractivity contribution in [3.8, 4) is 11.1 Å². The number of H-pyrrole nitrogens is 1. The van der Waals surface area contributed by atoms with Crippen molar-refractivity contribution in [2.45, 2.75) is 38.0 Å². The first kappa shape index (κ1) is 27.4. The molecule has 0 radical (unpaired) electrons. The molecule has 0 bridgehead atoms. The van der Waals surface area contributed by atoms with E-state index in [1.807, 2.05) is 42.6 Å². The number of nitrogens with two attached hydrogens (primary N) is 1. The summed E-state index contributed by atoms with van der Waals surface area (Å²) in [5.74, 6) is -0.100. The number of ether oxygens (including phenoxy) is 1. The second-order valence-electron chi connectivity index (χ2n) is 10.4. The van der Waals surface area contributed by atoms with E-state index in [1.54, 1.807) is 9.21 Å². The molecular formula is C29H36N4O5S. The number of sulfonamides is 1. The van der Waals surface area contributed by atoms with Gasteiger partial charge < -0.3 is 20.4 Å². The van der Waals surface area contributed by atoms with Gasteiger partial charge in [-0.3, -0.25) is 9.59 Å². The number of aromatic amines is 1. The van der Waals surface area contributed by atoms with Gasteiger partial charge in [0.1, 0.15) is 0 Å². The molecule has 0 aliphatic carbocycles. The standard InChI is InChI=1S/C29H36N4O5S/c30-27(34)19-24-17-23(21-5-2-1-3-6-21)18-25-26(20-31-29(24)25)22-8-11-33(12-9-22)39(36,37)16-15-38-14-13-32-10-4-7-28(32)35/h1-3,5-6,17-18,20,22,31H,4,7-16,19H2,(H2,30,34). The number of piperidine rings is 1. The molecule has 0 spiro atoms. The molecule has 3 heterocycles. The van der Waals surface area contributed by atoms with Crippen molar-refractivity contribution in [1.29, 1.82) is 0 Å². The molecule has 0 saturated carbocycles. The Balaban J connectivity index is 1.23. The van der Waals surface area contributed by atoms with Crippen molar-refractivity contribution in [3.63, 3.8) is 0 Å². The summed E-state index contributed by atoms with van der Waals surface area (Å²) in [4.78, 5) is 28.6. The van der Waals surface area contributed by atoms with Crippen molar-refractivity contribution in [2.24, 2.45) is 5.73 Å². The van der Waals surface area contributed by atoms with E-state index in [-0.39, 0.29) is 36.5 Å². The molecule has 2 aromatic carbocycles. The molecular weight excluding hydrogens is 516 g/mol. The predicted octanol–water partition coefficient (Wildman–Crippen LogP) is 3.01. The third-order valence-corrected chi connectivity index (χ3v) is 9.66. The highest BCUT2D eigenvalue weighted by Crippen LogP contribution is 2.37. The Hall–Kier alpha value is -3.21. The molecule has 2 fully saturated rings. The Bertz CT molecular complexity index is 1430. The molecule has 2 aliphatic rings. The number of nitrogens with zero attached hydrogens (tertiary/aromatic N) is 2. The van der Waals surface area contributed by atoms with Crippen LogP contribution in [0.15, 0.2) is 48.7 Å². The lowest BCUT2D eigenvalue weighted by Gasteiger charge is -2.31. The van der Waals surface area contributed by atoms with E-state index in [2.05, 4.69) is 11.1 Å². The lowest BCUT2D eigenvalue weighted by Crippen LogP contribution is -2.40. The van der Waals surface area contributed by atoms with E-state index in [4.69, 9.17) is 10.5 Å². The van der Waals surface area contributed by atoms with Crippen LogP contribution < -0.4 is 5.73 Å². The van der Waals surface area contributed by atoms with E-state index in [9.17, 15) is 18.0 Å². The summed E-state index contributed by atoms with van der Waals surface area (Å²) in [5.41, 5.74) is 10.6. The van der Waals surface area contributed by atoms with E-state index < -0.39 is 10.0 Å². The number of rotatable bonds is 11. The third kappa shape index (κ3) is 6.34. The third-order valence-electron chi connectivity index (χ3n) is 7.82. The van der Waals surface area contributed by atoms with Crippen LogP contribution in [0.3, 0.4) is 0 Å². The van der Waals surface area contributed by atoms with Gasteiger partial charge in [-0.05, 0) is 59.6 Å². The number of amides is 2. The normalized spacial score (nSPS) is 17.3. The highest BCUT2D eigenvalue weighted by Gasteiger charge is 2.30. The molecule has 0 unspecified atom stereocenters. The number of fused-ring (bicyclic) bond motifs is 1. The van der Waals surface area contributed by atoms with Gasteiger partial charge in [-0.1, -0.05) is 30.3 Å². The van der Waals surface area contributed by atoms with Crippen molar-refractivity contribution < 1.29 is 22.7 Å². The molecule has 208 valence electrons. The van der Waals surface area contributed by atoms with Crippen molar-refractivity contribution >= 4 is 32.7 Å². The maximum atomic E-state index is 12.9. The van der Waals surface area contributed by atoms with Crippen LogP contribution in [0.5, 0.6) is 0 Å². The second-order valence-corrected chi connectivity index (χ2v) is 12.5. The average Bonchev–Trinajstić information content (AvgIpc) is 3.55. The Morgan fingerprint density at radius 3 is 2.51 bits per heavy atom. The largest absolute Gasteiger partial charge is 0.379 e. The lowest BCUT2D eigenvalue weighted by molar-refractivity contribution is -0.128. The van der Waals surface area contributed by atoms with Crippen LogP contribution in [0.2, 0.25) is 0 Å². The van der Waals surface area contributed by atoms with Gasteiger partial charge in [-0.2, -0.15) is 0 Å². The molecule has 39 heavy (non-hydrogen) atoms. The topological polar surface area (TPSA) is 126 Å². The smallest absolute Gasteiger partial charge is 0.222 e. The maximum absolute atomic E-state index is 12.9. The summed E-state index contributed by atoms with van der Waals surface area (Å²) in [7, 11) is -3.42. The number of primary amides is 1. The fraction of sp³-hybridized carbons (Fsp3) is 0.448. The fourth-order valence-electron chi connectivity index (χ4n) is 5.75. The van der Waals surface area contributed by atoms with Gasteiger partial charge in [0, 0.05) is 49.7 Å². The number of likely N-dealkylation sites (tertiary alicyclic amines) is 1. The fourth-order valence-corrected chi connectivity index (χ4v) is 7.10. The Morgan fingerprint density at radius 1 is 1.05 bits per heavy atom. The summed E-state index contributed by atoms with van der Waals surface area (Å²) in [6.45, 7) is 2.65. The van der Waals surface area contributed by atoms with Crippen LogP contribution in [0, 0.1) is 0 Å². The number of benzene rings is 2. The Kier molecular flexibility index (Phi) is 8.34. The molecule has 3 aromatic rings. The molecule has 2 aliphatic heterocycles. The number of aromatic nitrogens is 1. The van der Waals surface area contributed by atoms with E-state index >= 15 is 0 Å². The van der Waals surface area contributed by atoms with E-state index in [1.165, 1.54) is 0 Å². The Labute approximate surface area is 229 Å². The summed E-state index contributed by atoms with van der Waals surface area (Å²) >= 11 is 0. The molecule has 2 amide bonds. The van der Waals surface area contributed by atoms with Crippen LogP contribution in [-0.4, -0.2) is 79.6 Å². The van der Waals surface area contributed by atoms with Crippen molar-refractivity contribution in [2.75, 3.05) is 45.1 Å². The van der Waals surface area contributed by atoms with Crippen LogP contribution >= 0.6 is 0 Å². The van der Waals surface area contributed by atoms with Crippen LogP contribution in [0.1, 0.15) is 42.7 Å². The summed E-state index contributed by atoms with van der Waals surface area (Å²) in [5, 5.41) is 1.05. The Morgan fingerprint density at radius 2 is 1.82 bits per heavy atom. The minimum absolute atomic E-state index is 0.0599. The van der Waals surface area contributed by atoms with Gasteiger partial charge >= 0.3 is 0 Å². The molecule has 9 nitrogen and oxygen atoms in total. The summed E-state index contributed by atoms with van der Waals surface area (Å²) in [6.07, 6.45) is 5.04. The zero-order chi connectivity index (χ0) is 27.4. The molecule has 2 saturated heterocycles. The van der Waals surface area contributed by atoms with E-state index in [0.717, 1.165) is 46.1 Å². The highest BCUT2D eigenvalue weighted by molar-refractivity contribution is 7.89. The first-order chi connectivity index (χ1) is 18.8. The van der Waals surface area contributed by atoms with Crippen molar-refractivity contribution in [1.82, 2.24) is 14.2 Å². The van der Waals surface area contributed by atoms with Crippen molar-refractivity contribution in [3.05, 3.63) is 59.8 Å². The van der Waals surface area contributed by atoms with Crippen LogP contribution in [0.25, 0.3) is 22.0 Å². The van der Waals surface area contributed by atoms with Crippen LogP contribution in [0.4, 0.5) is 0 Å². The zero-order valence-corrected chi connectivity index (χ0v) is 22.9. The number of carbonyl (C=O) groups excluding carboxylic acids is 2. The molecule has 1 aromatic heterocycles. The zero-order valence-electron chi connectivity index (χ0n) is 22.1. The minimum atomic E-state index is -3.42. The highest BCUT2D eigenvalue weighted by atomic mass is 32.2. The molecule has 3 N–H and O–H groups in total. The molecule has 10 heteroatoms. The quantitative estimate of drug-likeness (QED) is 0.354. The van der Waals surface area contributed by atoms with E-state index in [0.29, 0.717) is 45.5 Å².